The minimum atomic E-state index is -0.360. The third-order valence-corrected chi connectivity index (χ3v) is 1.87. The second-order valence-electron chi connectivity index (χ2n) is 2.96. The lowest BCUT2D eigenvalue weighted by Gasteiger charge is -1.96. The second-order valence-corrected chi connectivity index (χ2v) is 3.49. The number of hydrogen-bond donors (Lipinski definition) is 1. The minimum absolute atomic E-state index is 0.360. The maximum atomic E-state index is 12.8. The summed E-state index contributed by atoms with van der Waals surface area (Å²) in [7, 11) is 0. The highest BCUT2D eigenvalue weighted by Gasteiger charge is 2.03. The van der Waals surface area contributed by atoms with E-state index in [0.717, 1.165) is 0 Å². The van der Waals surface area contributed by atoms with Crippen molar-refractivity contribution < 1.29 is 4.39 Å². The number of aromatic nitrogens is 3. The zero-order chi connectivity index (χ0) is 10.8. The molecule has 78 valence electrons. The molecule has 15 heavy (non-hydrogen) atoms. The number of fused-ring (bicyclic) bond motifs is 1. The maximum Gasteiger partial charge on any atom is 0.243 e. The predicted molar refractivity (Wildman–Crippen MR) is 56.4 cm³/mol. The van der Waals surface area contributed by atoms with Crippen LogP contribution in [-0.4, -0.2) is 21.1 Å². The molecule has 1 N–H and O–H groups in total. The van der Waals surface area contributed by atoms with E-state index in [-0.39, 0.29) is 5.82 Å². The van der Waals surface area contributed by atoms with Crippen LogP contribution < -0.4 is 5.32 Å². The topological polar surface area (TPSA) is 42.2 Å². The van der Waals surface area contributed by atoms with Crippen LogP contribution in [0, 0.1) is 5.82 Å². The van der Waals surface area contributed by atoms with Crippen LogP contribution in [0.3, 0.4) is 0 Å². The summed E-state index contributed by atoms with van der Waals surface area (Å²) in [5, 5.41) is 7.31. The van der Waals surface area contributed by atoms with Crippen LogP contribution in [0.1, 0.15) is 0 Å². The van der Waals surface area contributed by atoms with Crippen molar-refractivity contribution in [3.8, 4) is 0 Å². The summed E-state index contributed by atoms with van der Waals surface area (Å²) in [6.45, 7) is 3.89. The molecule has 4 nitrogen and oxygen atoms in total. The van der Waals surface area contributed by atoms with Gasteiger partial charge >= 0.3 is 0 Å². The molecule has 0 unspecified atom stereocenters. The lowest BCUT2D eigenvalue weighted by molar-refractivity contribution is 0.615. The molecule has 0 fully saturated rings. The second kappa shape index (κ2) is 3.86. The fourth-order valence-corrected chi connectivity index (χ4v) is 1.17. The molecule has 0 bridgehead atoms. The van der Waals surface area contributed by atoms with E-state index in [0.29, 0.717) is 23.2 Å². The molecule has 0 radical (unpaired) electrons. The Bertz CT molecular complexity index is 508. The van der Waals surface area contributed by atoms with E-state index in [1.807, 2.05) is 0 Å². The van der Waals surface area contributed by atoms with Crippen LogP contribution in [0.4, 0.5) is 10.3 Å². The molecule has 0 saturated heterocycles. The molecule has 2 heterocycles. The third kappa shape index (κ3) is 2.24. The van der Waals surface area contributed by atoms with Crippen molar-refractivity contribution in [2.75, 3.05) is 11.9 Å². The molecule has 0 spiro atoms. The summed E-state index contributed by atoms with van der Waals surface area (Å²) in [6.07, 6.45) is 1.25. The summed E-state index contributed by atoms with van der Waals surface area (Å²) in [5.74, 6) is 0.0307. The van der Waals surface area contributed by atoms with Crippen molar-refractivity contribution in [2.24, 2.45) is 0 Å². The molecule has 0 atom stereocenters. The number of nitrogens with zero attached hydrogens (tertiary/aromatic N) is 3. The maximum absolute atomic E-state index is 12.8. The Morgan fingerprint density at radius 1 is 1.60 bits per heavy atom. The summed E-state index contributed by atoms with van der Waals surface area (Å²) in [5.41, 5.74) is 0.569. The van der Waals surface area contributed by atoms with Gasteiger partial charge in [0.25, 0.3) is 0 Å². The number of pyridine rings is 1. The Hall–Kier alpha value is -1.62. The molecule has 0 aliphatic heterocycles. The lowest BCUT2D eigenvalue weighted by Crippen LogP contribution is -2.02. The SMILES string of the molecule is C=C(Cl)CNc1nc2ccc(F)cn2n1. The highest BCUT2D eigenvalue weighted by molar-refractivity contribution is 6.29. The van der Waals surface area contributed by atoms with Gasteiger partial charge in [-0.05, 0) is 12.1 Å². The molecular formula is C9H8ClFN4. The number of anilines is 1. The van der Waals surface area contributed by atoms with Gasteiger partial charge in [-0.3, -0.25) is 0 Å². The highest BCUT2D eigenvalue weighted by atomic mass is 35.5. The zero-order valence-corrected chi connectivity index (χ0v) is 8.50. The van der Waals surface area contributed by atoms with Gasteiger partial charge in [0.15, 0.2) is 5.65 Å². The molecule has 0 saturated carbocycles. The van der Waals surface area contributed by atoms with Crippen molar-refractivity contribution in [3.05, 3.63) is 35.8 Å². The molecule has 2 rings (SSSR count). The van der Waals surface area contributed by atoms with Gasteiger partial charge in [0.05, 0.1) is 12.7 Å². The average Bonchev–Trinajstić information content (AvgIpc) is 2.56. The quantitative estimate of drug-likeness (QED) is 0.871. The Morgan fingerprint density at radius 2 is 2.40 bits per heavy atom. The molecular weight excluding hydrogens is 219 g/mol. The van der Waals surface area contributed by atoms with Crippen LogP contribution in [-0.2, 0) is 0 Å². The summed E-state index contributed by atoms with van der Waals surface area (Å²) < 4.78 is 14.2. The molecule has 2 aromatic heterocycles. The van der Waals surface area contributed by atoms with Gasteiger partial charge in [-0.15, -0.1) is 5.10 Å². The average molecular weight is 227 g/mol. The van der Waals surface area contributed by atoms with Gasteiger partial charge in [0.1, 0.15) is 5.82 Å². The minimum Gasteiger partial charge on any atom is -0.348 e. The first kappa shape index (κ1) is 9.92. The summed E-state index contributed by atoms with van der Waals surface area (Å²) >= 11 is 5.57. The highest BCUT2D eigenvalue weighted by Crippen LogP contribution is 2.07. The van der Waals surface area contributed by atoms with Crippen molar-refractivity contribution >= 4 is 23.2 Å². The molecule has 0 aliphatic rings. The van der Waals surface area contributed by atoms with Gasteiger partial charge in [0.2, 0.25) is 5.95 Å². The zero-order valence-electron chi connectivity index (χ0n) is 7.74. The van der Waals surface area contributed by atoms with E-state index in [2.05, 4.69) is 22.0 Å². The van der Waals surface area contributed by atoms with Crippen LogP contribution in [0.2, 0.25) is 0 Å². The predicted octanol–water partition coefficient (Wildman–Crippen LogP) is 2.03. The monoisotopic (exact) mass is 226 g/mol. The Morgan fingerprint density at radius 3 is 3.13 bits per heavy atom. The van der Waals surface area contributed by atoms with Gasteiger partial charge < -0.3 is 5.32 Å². The van der Waals surface area contributed by atoms with E-state index < -0.39 is 0 Å². The van der Waals surface area contributed by atoms with Crippen molar-refractivity contribution in [3.63, 3.8) is 0 Å². The van der Waals surface area contributed by atoms with E-state index in [9.17, 15) is 4.39 Å². The van der Waals surface area contributed by atoms with Gasteiger partial charge in [0, 0.05) is 5.03 Å². The van der Waals surface area contributed by atoms with E-state index in [4.69, 9.17) is 11.6 Å². The molecule has 0 aromatic carbocycles. The van der Waals surface area contributed by atoms with Crippen LogP contribution in [0.25, 0.3) is 5.65 Å². The largest absolute Gasteiger partial charge is 0.348 e. The van der Waals surface area contributed by atoms with Crippen LogP contribution in [0.15, 0.2) is 29.9 Å². The van der Waals surface area contributed by atoms with E-state index >= 15 is 0 Å². The van der Waals surface area contributed by atoms with E-state index in [1.54, 1.807) is 6.07 Å². The molecule has 0 aliphatic carbocycles. The third-order valence-electron chi connectivity index (χ3n) is 1.73. The normalized spacial score (nSPS) is 10.5. The molecule has 2 aromatic rings. The number of hydrogen-bond acceptors (Lipinski definition) is 3. The van der Waals surface area contributed by atoms with Gasteiger partial charge in [-0.2, -0.15) is 4.98 Å². The fourth-order valence-electron chi connectivity index (χ4n) is 1.11. The lowest BCUT2D eigenvalue weighted by atomic mass is 10.5. The van der Waals surface area contributed by atoms with Crippen molar-refractivity contribution in [1.29, 1.82) is 0 Å². The van der Waals surface area contributed by atoms with Gasteiger partial charge in [-0.25, -0.2) is 8.91 Å². The standard InChI is InChI=1S/C9H8ClFN4/c1-6(10)4-12-9-13-8-3-2-7(11)5-15(8)14-9/h2-3,5H,1,4H2,(H,12,14). The molecule has 0 amide bonds. The van der Waals surface area contributed by atoms with Crippen molar-refractivity contribution in [1.82, 2.24) is 14.6 Å². The van der Waals surface area contributed by atoms with Crippen LogP contribution >= 0.6 is 11.6 Å². The smallest absolute Gasteiger partial charge is 0.243 e. The summed E-state index contributed by atoms with van der Waals surface area (Å²) in [6, 6.07) is 2.87. The first-order chi connectivity index (χ1) is 7.15. The van der Waals surface area contributed by atoms with Crippen molar-refractivity contribution in [2.45, 2.75) is 0 Å². The van der Waals surface area contributed by atoms with Crippen LogP contribution in [0.5, 0.6) is 0 Å². The number of rotatable bonds is 3. The first-order valence-corrected chi connectivity index (χ1v) is 4.62. The molecule has 6 heteroatoms. The number of halogens is 2. The Kier molecular flexibility index (Phi) is 2.55. The Balaban J connectivity index is 2.27. The summed E-state index contributed by atoms with van der Waals surface area (Å²) in [4.78, 5) is 4.10. The fraction of sp³-hybridized carbons (Fsp3) is 0.111. The Labute approximate surface area is 90.4 Å². The first-order valence-electron chi connectivity index (χ1n) is 4.24. The van der Waals surface area contributed by atoms with Gasteiger partial charge in [-0.1, -0.05) is 18.2 Å². The van der Waals surface area contributed by atoms with E-state index in [1.165, 1.54) is 16.8 Å². The number of nitrogens with one attached hydrogen (secondary N) is 1.